The lowest BCUT2D eigenvalue weighted by Crippen LogP contribution is -2.46. The predicted molar refractivity (Wildman–Crippen MR) is 199 cm³/mol. The van der Waals surface area contributed by atoms with Gasteiger partial charge in [-0.1, -0.05) is 11.6 Å². The van der Waals surface area contributed by atoms with Crippen molar-refractivity contribution < 1.29 is 80.3 Å². The Balaban J connectivity index is 0.000000180. The molecule has 314 valence electrons. The van der Waals surface area contributed by atoms with Crippen LogP contribution < -0.4 is 20.5 Å². The van der Waals surface area contributed by atoms with Crippen LogP contribution in [0.15, 0.2) is 90.1 Å². The van der Waals surface area contributed by atoms with E-state index < -0.39 is 65.9 Å². The van der Waals surface area contributed by atoms with Gasteiger partial charge in [-0.15, -0.1) is 0 Å². The molecule has 0 aromatic carbocycles. The molecule has 0 aliphatic carbocycles. The summed E-state index contributed by atoms with van der Waals surface area (Å²) in [6.07, 6.45) is 9.46. The zero-order chi connectivity index (χ0) is 43.4. The van der Waals surface area contributed by atoms with Crippen molar-refractivity contribution in [3.05, 3.63) is 71.3 Å². The van der Waals surface area contributed by atoms with Gasteiger partial charge < -0.3 is 57.8 Å². The molecule has 2 aromatic heterocycles. The number of cyclic esters (lactones) is 2. The van der Waals surface area contributed by atoms with Crippen molar-refractivity contribution >= 4 is 77.4 Å². The number of furan rings is 2. The Kier molecular flexibility index (Phi) is 15.0. The van der Waals surface area contributed by atoms with E-state index >= 15 is 0 Å². The van der Waals surface area contributed by atoms with E-state index in [1.54, 1.807) is 18.4 Å². The number of nitrogens with one attached hydrogen (secondary N) is 1. The Morgan fingerprint density at radius 3 is 1.98 bits per heavy atom. The highest BCUT2D eigenvalue weighted by molar-refractivity contribution is 6.31. The maximum atomic E-state index is 11.7. The van der Waals surface area contributed by atoms with Crippen molar-refractivity contribution in [2.24, 2.45) is 27.7 Å². The molecule has 59 heavy (non-hydrogen) atoms. The number of anilines is 1. The van der Waals surface area contributed by atoms with Crippen molar-refractivity contribution in [2.45, 2.75) is 45.9 Å². The fourth-order valence-electron chi connectivity index (χ4n) is 4.88. The number of rotatable bonds is 6. The summed E-state index contributed by atoms with van der Waals surface area (Å²) in [4.78, 5) is 85.8. The first-order valence-electron chi connectivity index (χ1n) is 17.0. The van der Waals surface area contributed by atoms with Gasteiger partial charge in [-0.2, -0.15) is 0 Å². The summed E-state index contributed by atoms with van der Waals surface area (Å²) in [6.45, 7) is 5.42. The van der Waals surface area contributed by atoms with Gasteiger partial charge in [0.15, 0.2) is 23.8 Å². The van der Waals surface area contributed by atoms with Gasteiger partial charge in [0.25, 0.3) is 17.7 Å². The minimum absolute atomic E-state index is 0.0374. The highest BCUT2D eigenvalue weighted by atomic mass is 35.5. The van der Waals surface area contributed by atoms with E-state index in [4.69, 9.17) is 49.9 Å². The first-order valence-corrected chi connectivity index (χ1v) is 17.4. The molecule has 21 nitrogen and oxygen atoms in total. The van der Waals surface area contributed by atoms with Crippen LogP contribution in [0, 0.1) is 17.8 Å². The highest BCUT2D eigenvalue weighted by Gasteiger charge is 2.42. The van der Waals surface area contributed by atoms with Crippen LogP contribution in [0.5, 0.6) is 11.9 Å². The molecule has 0 radical (unpaired) electrons. The molecule has 0 amide bonds. The van der Waals surface area contributed by atoms with Gasteiger partial charge >= 0.3 is 35.8 Å². The molecule has 22 heteroatoms. The Bertz CT molecular complexity index is 2120. The second kappa shape index (κ2) is 19.8. The fourth-order valence-corrected chi connectivity index (χ4v) is 5.11. The summed E-state index contributed by atoms with van der Waals surface area (Å²) in [7, 11) is 2.57. The lowest BCUT2D eigenvalue weighted by Gasteiger charge is -2.31. The number of esters is 6. The maximum absolute atomic E-state index is 11.7. The van der Waals surface area contributed by atoms with Gasteiger partial charge in [-0.3, -0.25) is 24.0 Å². The minimum atomic E-state index is -1.29. The third-order valence-electron chi connectivity index (χ3n) is 7.40. The van der Waals surface area contributed by atoms with E-state index in [0.29, 0.717) is 5.03 Å². The maximum Gasteiger partial charge on any atom is 0.373 e. The number of nitrogens with zero attached hydrogens (tertiary/aromatic N) is 2. The first kappa shape index (κ1) is 44.6. The summed E-state index contributed by atoms with van der Waals surface area (Å²) in [5.41, 5.74) is 5.20. The molecule has 5 aliphatic rings. The molecule has 0 saturated carbocycles. The zero-order valence-electron chi connectivity index (χ0n) is 32.0. The van der Waals surface area contributed by atoms with Gasteiger partial charge in [0.1, 0.15) is 0 Å². The molecule has 0 spiro atoms. The average Bonchev–Trinajstić information content (AvgIpc) is 3.98. The fraction of sp³-hybridized carbons (Fsp3) is 0.324. The molecule has 1 saturated heterocycles. The number of nitrogens with two attached hydrogens (primary N) is 1. The largest absolute Gasteiger partial charge is 0.463 e. The van der Waals surface area contributed by atoms with Gasteiger partial charge in [0.05, 0.1) is 26.1 Å². The van der Waals surface area contributed by atoms with Crippen molar-refractivity contribution in [3.63, 3.8) is 0 Å². The number of hydrogen-bond acceptors (Lipinski definition) is 21. The van der Waals surface area contributed by atoms with Crippen molar-refractivity contribution in [3.8, 4) is 11.9 Å². The smallest absolute Gasteiger partial charge is 0.373 e. The molecule has 1 fully saturated rings. The number of carbonyl (C=O) groups is 7. The van der Waals surface area contributed by atoms with Crippen LogP contribution in [0.4, 0.5) is 11.8 Å². The van der Waals surface area contributed by atoms with E-state index in [9.17, 15) is 33.6 Å². The third-order valence-corrected chi connectivity index (χ3v) is 7.78. The first-order chi connectivity index (χ1) is 27.9. The summed E-state index contributed by atoms with van der Waals surface area (Å²) in [6, 6.07) is 5.79. The number of aliphatic imine (C=N–C) groups is 2. The Morgan fingerprint density at radius 2 is 1.44 bits per heavy atom. The van der Waals surface area contributed by atoms with Gasteiger partial charge in [0.2, 0.25) is 23.6 Å². The van der Waals surface area contributed by atoms with Crippen LogP contribution in [0.25, 0.3) is 0 Å². The number of halogens is 1. The summed E-state index contributed by atoms with van der Waals surface area (Å²) < 4.78 is 48.3. The van der Waals surface area contributed by atoms with Crippen LogP contribution in [0.1, 0.15) is 27.7 Å². The minimum Gasteiger partial charge on any atom is -0.463 e. The number of dihydropyridines is 1. The van der Waals surface area contributed by atoms with E-state index in [1.165, 1.54) is 84.5 Å². The lowest BCUT2D eigenvalue weighted by atomic mass is 10.0. The van der Waals surface area contributed by atoms with Gasteiger partial charge in [-0.25, -0.2) is 19.6 Å². The average molecular weight is 845 g/mol. The number of carbonyl (C=O) groups excluding carboxylic acids is 7. The van der Waals surface area contributed by atoms with Crippen LogP contribution in [-0.2, 0) is 62.0 Å². The Morgan fingerprint density at radius 1 is 0.864 bits per heavy atom. The molecule has 3 N–H and O–H groups in total. The SMILES string of the molecule is CC(=O)Oc1ccc(N)o1.CC(=O)Oc1ccc(N=CC2C(=O)OC(C)(C)OC2=O)o1.COC(=O)C1=CC2C(=O)C=CNC2O1.COC(=O)C1=CC2C(Cl)=CC=NC2O1. The molecule has 7 rings (SSSR count). The van der Waals surface area contributed by atoms with E-state index in [2.05, 4.69) is 29.5 Å². The van der Waals surface area contributed by atoms with Gasteiger partial charge in [-0.05, 0) is 24.3 Å². The number of methoxy groups -OCH3 is 2. The summed E-state index contributed by atoms with van der Waals surface area (Å²) in [5, 5.41) is 3.45. The molecule has 7 heterocycles. The second-order valence-electron chi connectivity index (χ2n) is 12.3. The van der Waals surface area contributed by atoms with Crippen molar-refractivity contribution in [1.29, 1.82) is 0 Å². The normalized spacial score (nSPS) is 21.7. The topological polar surface area (TPSA) is 282 Å². The van der Waals surface area contributed by atoms with E-state index in [-0.39, 0.29) is 46.9 Å². The van der Waals surface area contributed by atoms with Crippen LogP contribution in [0.3, 0.4) is 0 Å². The third kappa shape index (κ3) is 12.7. The molecule has 4 atom stereocenters. The number of allylic oxidation sites excluding steroid dienone is 2. The predicted octanol–water partition coefficient (Wildman–Crippen LogP) is 3.07. The van der Waals surface area contributed by atoms with Gasteiger partial charge in [0, 0.05) is 75.6 Å². The second-order valence-corrected chi connectivity index (χ2v) is 12.8. The molecule has 0 bridgehead atoms. The van der Waals surface area contributed by atoms with Crippen LogP contribution >= 0.6 is 11.6 Å². The number of ether oxygens (including phenoxy) is 8. The molecule has 4 unspecified atom stereocenters. The van der Waals surface area contributed by atoms with E-state index in [1.807, 2.05) is 0 Å². The Labute approximate surface area is 339 Å². The monoisotopic (exact) mass is 844 g/mol. The lowest BCUT2D eigenvalue weighted by molar-refractivity contribution is -0.235. The molecular weight excluding hydrogens is 808 g/mol. The number of fused-ring (bicyclic) bond motifs is 2. The number of ketones is 1. The van der Waals surface area contributed by atoms with E-state index in [0.717, 1.165) is 6.21 Å². The standard InChI is InChI=1S/C13H13NO7.C9H8ClNO3.C9H9NO4.C6H7NO3/c1-7(15)18-10-5-4-9(19-10)14-6-8-11(16)20-13(2,3)21-12(8)17;1-13-9(12)7-4-5-6(10)2-3-11-8(5)14-7;1-13-9(12)7-4-5-6(11)2-3-10-8(5)14-7;1-4(8)9-6-3-2-5(7)10-6/h4-6,8H,1-3H3;2-5,8H,1H3;2-5,8,10H,1H3;2-3H,7H2,1H3. The van der Waals surface area contributed by atoms with Crippen LogP contribution in [0.2, 0.25) is 0 Å². The molecule has 2 aromatic rings. The Hall–Kier alpha value is -7.16. The summed E-state index contributed by atoms with van der Waals surface area (Å²) in [5.74, 6) is -6.09. The van der Waals surface area contributed by atoms with Crippen molar-refractivity contribution in [2.75, 3.05) is 20.0 Å². The molecular formula is C37H37ClN4O17. The zero-order valence-corrected chi connectivity index (χ0v) is 32.8. The van der Waals surface area contributed by atoms with Crippen LogP contribution in [-0.4, -0.2) is 86.5 Å². The quantitative estimate of drug-likeness (QED) is 0.183. The number of hydrogen-bond donors (Lipinski definition) is 2. The van der Waals surface area contributed by atoms with Crippen molar-refractivity contribution in [1.82, 2.24) is 5.32 Å². The number of nitrogen functional groups attached to an aromatic ring is 1. The summed E-state index contributed by atoms with van der Waals surface area (Å²) >= 11 is 5.92. The highest BCUT2D eigenvalue weighted by Crippen LogP contribution is 2.34. The molecule has 5 aliphatic heterocycles.